The summed E-state index contributed by atoms with van der Waals surface area (Å²) in [7, 11) is 0. The van der Waals surface area contributed by atoms with Gasteiger partial charge in [-0.15, -0.1) is 0 Å². The largest absolute Gasteiger partial charge is 1.00 e. The minimum absolute atomic E-state index is 0. The molecule has 0 bridgehead atoms. The Morgan fingerprint density at radius 1 is 0.500 bits per heavy atom. The van der Waals surface area contributed by atoms with Crippen molar-refractivity contribution in [2.45, 2.75) is 96.8 Å². The van der Waals surface area contributed by atoms with E-state index < -0.39 is 0 Å². The second-order valence-corrected chi connectivity index (χ2v) is 5.38. The summed E-state index contributed by atoms with van der Waals surface area (Å²) in [4.78, 5) is 0. The third-order valence-corrected chi connectivity index (χ3v) is 3.56. The van der Waals surface area contributed by atoms with E-state index >= 15 is 0 Å². The van der Waals surface area contributed by atoms with E-state index in [4.69, 9.17) is 5.73 Å². The molecule has 0 aliphatic heterocycles. The molecule has 0 aromatic heterocycles. The molecular formula is C16H35FN-. The molecule has 0 saturated carbocycles. The van der Waals surface area contributed by atoms with E-state index in [0.717, 1.165) is 6.54 Å². The van der Waals surface area contributed by atoms with Crippen LogP contribution in [0.15, 0.2) is 0 Å². The zero-order valence-electron chi connectivity index (χ0n) is 12.6. The molecule has 0 unspecified atom stereocenters. The van der Waals surface area contributed by atoms with Gasteiger partial charge in [0.15, 0.2) is 0 Å². The Labute approximate surface area is 114 Å². The maximum atomic E-state index is 5.47. The van der Waals surface area contributed by atoms with Crippen LogP contribution >= 0.6 is 0 Å². The summed E-state index contributed by atoms with van der Waals surface area (Å²) in [5.74, 6) is 0. The van der Waals surface area contributed by atoms with Gasteiger partial charge in [0, 0.05) is 0 Å². The first kappa shape index (κ1) is 20.2. The van der Waals surface area contributed by atoms with Gasteiger partial charge in [-0.25, -0.2) is 0 Å². The van der Waals surface area contributed by atoms with Gasteiger partial charge < -0.3 is 10.4 Å². The molecule has 0 amide bonds. The Bertz CT molecular complexity index is 114. The van der Waals surface area contributed by atoms with Crippen LogP contribution < -0.4 is 10.4 Å². The van der Waals surface area contributed by atoms with Crippen molar-refractivity contribution in [2.24, 2.45) is 5.73 Å². The van der Waals surface area contributed by atoms with Crippen LogP contribution in [0.1, 0.15) is 96.8 Å². The quantitative estimate of drug-likeness (QED) is 0.477. The molecule has 0 fully saturated rings. The number of hydrogen-bond acceptors (Lipinski definition) is 1. The van der Waals surface area contributed by atoms with Gasteiger partial charge in [-0.1, -0.05) is 90.4 Å². The fourth-order valence-electron chi connectivity index (χ4n) is 2.34. The van der Waals surface area contributed by atoms with E-state index in [9.17, 15) is 0 Å². The zero-order chi connectivity index (χ0) is 12.6. The summed E-state index contributed by atoms with van der Waals surface area (Å²) in [6.07, 6.45) is 19.9. The molecule has 0 aliphatic rings. The van der Waals surface area contributed by atoms with E-state index in [1.807, 2.05) is 0 Å². The van der Waals surface area contributed by atoms with Crippen LogP contribution in [0.2, 0.25) is 0 Å². The van der Waals surface area contributed by atoms with Crippen LogP contribution in [0.25, 0.3) is 0 Å². The van der Waals surface area contributed by atoms with Gasteiger partial charge in [-0.3, -0.25) is 0 Å². The van der Waals surface area contributed by atoms with Crippen LogP contribution in [-0.2, 0) is 0 Å². The minimum Gasteiger partial charge on any atom is -1.00 e. The average Bonchev–Trinajstić information content (AvgIpc) is 2.35. The van der Waals surface area contributed by atoms with Crippen LogP contribution in [-0.4, -0.2) is 6.54 Å². The molecule has 0 heterocycles. The standard InChI is InChI=1S/C16H35N.FH/c1-2-3-4-5-6-7-8-9-10-11-12-13-14-15-16-17;/h2-17H2,1H3;1H/p-1. The molecule has 1 nitrogen and oxygen atoms in total. The van der Waals surface area contributed by atoms with Gasteiger partial charge in [0.25, 0.3) is 0 Å². The summed E-state index contributed by atoms with van der Waals surface area (Å²) < 4.78 is 0. The average molecular weight is 260 g/mol. The maximum absolute atomic E-state index is 5.47. The molecule has 0 aromatic rings. The van der Waals surface area contributed by atoms with E-state index in [-0.39, 0.29) is 4.70 Å². The summed E-state index contributed by atoms with van der Waals surface area (Å²) in [6, 6.07) is 0. The van der Waals surface area contributed by atoms with E-state index in [0.29, 0.717) is 0 Å². The first-order chi connectivity index (χ1) is 8.41. The van der Waals surface area contributed by atoms with Crippen LogP contribution in [0.3, 0.4) is 0 Å². The minimum atomic E-state index is 0. The van der Waals surface area contributed by atoms with Crippen molar-refractivity contribution in [3.8, 4) is 0 Å². The number of unbranched alkanes of at least 4 members (excludes halogenated alkanes) is 13. The molecule has 0 radical (unpaired) electrons. The molecule has 2 N–H and O–H groups in total. The Morgan fingerprint density at radius 3 is 1.06 bits per heavy atom. The first-order valence-corrected chi connectivity index (χ1v) is 8.12. The highest BCUT2D eigenvalue weighted by molar-refractivity contribution is 4.49. The summed E-state index contributed by atoms with van der Waals surface area (Å²) >= 11 is 0. The monoisotopic (exact) mass is 260 g/mol. The van der Waals surface area contributed by atoms with Crippen molar-refractivity contribution in [3.05, 3.63) is 0 Å². The van der Waals surface area contributed by atoms with Crippen molar-refractivity contribution in [1.82, 2.24) is 0 Å². The smallest absolute Gasteiger partial charge is 0.00773 e. The topological polar surface area (TPSA) is 26.0 Å². The Balaban J connectivity index is 0. The summed E-state index contributed by atoms with van der Waals surface area (Å²) in [6.45, 7) is 3.16. The third-order valence-electron chi connectivity index (χ3n) is 3.56. The van der Waals surface area contributed by atoms with E-state index in [2.05, 4.69) is 6.92 Å². The van der Waals surface area contributed by atoms with Crippen LogP contribution in [0.4, 0.5) is 0 Å². The summed E-state index contributed by atoms with van der Waals surface area (Å²) in [5.41, 5.74) is 5.47. The number of rotatable bonds is 14. The number of nitrogens with two attached hydrogens (primary N) is 1. The van der Waals surface area contributed by atoms with Gasteiger partial charge in [0.2, 0.25) is 0 Å². The normalized spacial score (nSPS) is 10.3. The van der Waals surface area contributed by atoms with E-state index in [1.165, 1.54) is 89.9 Å². The fourth-order valence-corrected chi connectivity index (χ4v) is 2.34. The Kier molecular flexibility index (Phi) is 21.6. The van der Waals surface area contributed by atoms with Gasteiger partial charge in [0.05, 0.1) is 0 Å². The zero-order valence-corrected chi connectivity index (χ0v) is 12.6. The second-order valence-electron chi connectivity index (χ2n) is 5.38. The fraction of sp³-hybridized carbons (Fsp3) is 1.00. The molecule has 0 rings (SSSR count). The number of hydrogen-bond donors (Lipinski definition) is 1. The molecular weight excluding hydrogens is 225 g/mol. The molecule has 0 spiro atoms. The first-order valence-electron chi connectivity index (χ1n) is 8.12. The highest BCUT2D eigenvalue weighted by atomic mass is 19.0. The van der Waals surface area contributed by atoms with Crippen molar-refractivity contribution in [1.29, 1.82) is 0 Å². The Morgan fingerprint density at radius 2 is 0.778 bits per heavy atom. The lowest BCUT2D eigenvalue weighted by atomic mass is 10.0. The van der Waals surface area contributed by atoms with Gasteiger partial charge in [-0.05, 0) is 13.0 Å². The van der Waals surface area contributed by atoms with Crippen LogP contribution in [0.5, 0.6) is 0 Å². The lowest BCUT2D eigenvalue weighted by Crippen LogP contribution is -3.00. The van der Waals surface area contributed by atoms with Crippen molar-refractivity contribution in [3.63, 3.8) is 0 Å². The highest BCUT2D eigenvalue weighted by Gasteiger charge is 1.93. The third kappa shape index (κ3) is 18.3. The lowest BCUT2D eigenvalue weighted by molar-refractivity contribution is -0.00000394. The van der Waals surface area contributed by atoms with E-state index in [1.54, 1.807) is 0 Å². The van der Waals surface area contributed by atoms with Gasteiger partial charge in [0.1, 0.15) is 0 Å². The summed E-state index contributed by atoms with van der Waals surface area (Å²) in [5, 5.41) is 0. The molecule has 18 heavy (non-hydrogen) atoms. The maximum Gasteiger partial charge on any atom is -0.00773 e. The predicted molar refractivity (Wildman–Crippen MR) is 79.4 cm³/mol. The van der Waals surface area contributed by atoms with Gasteiger partial charge >= 0.3 is 0 Å². The van der Waals surface area contributed by atoms with Crippen molar-refractivity contribution < 1.29 is 4.70 Å². The second kappa shape index (κ2) is 19.2. The molecule has 2 heteroatoms. The molecule has 0 saturated heterocycles. The molecule has 0 atom stereocenters. The molecule has 0 aliphatic carbocycles. The predicted octanol–water partition coefficient (Wildman–Crippen LogP) is 2.43. The molecule has 0 aromatic carbocycles. The SMILES string of the molecule is CCCCCCCCCCCCCCCCN.[F-]. The highest BCUT2D eigenvalue weighted by Crippen LogP contribution is 2.12. The van der Waals surface area contributed by atoms with Crippen molar-refractivity contribution in [2.75, 3.05) is 6.54 Å². The lowest BCUT2D eigenvalue weighted by Gasteiger charge is -2.02. The van der Waals surface area contributed by atoms with Crippen LogP contribution in [0, 0.1) is 0 Å². The van der Waals surface area contributed by atoms with Gasteiger partial charge in [-0.2, -0.15) is 0 Å². The number of halogens is 1. The Hall–Kier alpha value is -0.110. The molecule has 112 valence electrons. The van der Waals surface area contributed by atoms with Crippen molar-refractivity contribution >= 4 is 0 Å².